The fraction of sp³-hybridized carbons (Fsp3) is 0.294. The van der Waals surface area contributed by atoms with Crippen LogP contribution >= 0.6 is 0 Å². The first-order valence-corrected chi connectivity index (χ1v) is 9.54. The monoisotopic (exact) mass is 365 g/mol. The summed E-state index contributed by atoms with van der Waals surface area (Å²) in [7, 11) is -3.45. The molecule has 0 unspecified atom stereocenters. The van der Waals surface area contributed by atoms with Crippen molar-refractivity contribution in [3.63, 3.8) is 0 Å². The molecule has 0 saturated carbocycles. The van der Waals surface area contributed by atoms with Gasteiger partial charge >= 0.3 is 0 Å². The predicted octanol–water partition coefficient (Wildman–Crippen LogP) is 1.69. The Kier molecular flexibility index (Phi) is 6.60. The van der Waals surface area contributed by atoms with Gasteiger partial charge in [0.1, 0.15) is 5.82 Å². The lowest BCUT2D eigenvalue weighted by atomic mass is 10.2. The first-order valence-electron chi connectivity index (χ1n) is 7.70. The fourth-order valence-corrected chi connectivity index (χ4v) is 2.98. The maximum absolute atomic E-state index is 12.8. The van der Waals surface area contributed by atoms with Crippen molar-refractivity contribution < 1.29 is 17.6 Å². The van der Waals surface area contributed by atoms with Crippen LogP contribution in [0.15, 0.2) is 48.8 Å². The van der Waals surface area contributed by atoms with Gasteiger partial charge in [-0.15, -0.1) is 0 Å². The Bertz CT molecular complexity index is 796. The zero-order valence-corrected chi connectivity index (χ0v) is 14.7. The highest BCUT2D eigenvalue weighted by atomic mass is 32.2. The number of carbonyl (C=O) groups excluding carboxylic acids is 1. The summed E-state index contributed by atoms with van der Waals surface area (Å²) < 4.78 is 37.9. The average molecular weight is 365 g/mol. The van der Waals surface area contributed by atoms with Gasteiger partial charge in [-0.05, 0) is 29.3 Å². The molecular formula is C17H20FN3O3S. The summed E-state index contributed by atoms with van der Waals surface area (Å²) in [5, 5.41) is 2.69. The van der Waals surface area contributed by atoms with E-state index in [-0.39, 0.29) is 37.8 Å². The molecule has 0 aliphatic carbocycles. The molecule has 1 N–H and O–H groups in total. The number of carbonyl (C=O) groups is 1. The van der Waals surface area contributed by atoms with Gasteiger partial charge in [0.05, 0.1) is 6.26 Å². The van der Waals surface area contributed by atoms with E-state index in [1.54, 1.807) is 36.7 Å². The van der Waals surface area contributed by atoms with Crippen LogP contribution in [0.5, 0.6) is 0 Å². The number of pyridine rings is 1. The van der Waals surface area contributed by atoms with E-state index in [1.807, 2.05) is 0 Å². The molecule has 134 valence electrons. The predicted molar refractivity (Wildman–Crippen MR) is 92.4 cm³/mol. The maximum atomic E-state index is 12.8. The van der Waals surface area contributed by atoms with Gasteiger partial charge in [-0.25, -0.2) is 12.8 Å². The zero-order valence-electron chi connectivity index (χ0n) is 13.9. The molecule has 0 saturated heterocycles. The lowest BCUT2D eigenvalue weighted by Gasteiger charge is -2.19. The minimum atomic E-state index is -3.45. The van der Waals surface area contributed by atoms with E-state index in [1.165, 1.54) is 16.4 Å². The molecule has 0 aliphatic rings. The number of aromatic nitrogens is 1. The molecule has 8 heteroatoms. The summed E-state index contributed by atoms with van der Waals surface area (Å²) >= 11 is 0. The summed E-state index contributed by atoms with van der Waals surface area (Å²) in [6.07, 6.45) is 4.35. The van der Waals surface area contributed by atoms with Crippen molar-refractivity contribution in [3.8, 4) is 0 Å². The van der Waals surface area contributed by atoms with Crippen molar-refractivity contribution in [2.75, 3.05) is 12.8 Å². The second kappa shape index (κ2) is 8.68. The minimum Gasteiger partial charge on any atom is -0.352 e. The molecule has 0 fully saturated rings. The lowest BCUT2D eigenvalue weighted by molar-refractivity contribution is -0.121. The van der Waals surface area contributed by atoms with E-state index in [0.717, 1.165) is 17.4 Å². The Morgan fingerprint density at radius 2 is 1.92 bits per heavy atom. The van der Waals surface area contributed by atoms with E-state index in [4.69, 9.17) is 0 Å². The topological polar surface area (TPSA) is 79.4 Å². The fourth-order valence-electron chi connectivity index (χ4n) is 2.17. The molecule has 0 spiro atoms. The van der Waals surface area contributed by atoms with Crippen molar-refractivity contribution in [1.29, 1.82) is 0 Å². The highest BCUT2D eigenvalue weighted by molar-refractivity contribution is 7.88. The molecule has 0 atom stereocenters. The van der Waals surface area contributed by atoms with Crippen molar-refractivity contribution in [2.45, 2.75) is 19.5 Å². The Labute approximate surface area is 146 Å². The number of amides is 1. The molecule has 1 aromatic heterocycles. The lowest BCUT2D eigenvalue weighted by Crippen LogP contribution is -2.34. The van der Waals surface area contributed by atoms with Crippen LogP contribution in [0.25, 0.3) is 0 Å². The van der Waals surface area contributed by atoms with Crippen LogP contribution in [-0.4, -0.2) is 36.4 Å². The number of benzene rings is 1. The highest BCUT2D eigenvalue weighted by Gasteiger charge is 2.18. The van der Waals surface area contributed by atoms with Crippen LogP contribution in [0.2, 0.25) is 0 Å². The average Bonchev–Trinajstić information content (AvgIpc) is 2.58. The van der Waals surface area contributed by atoms with Crippen LogP contribution < -0.4 is 5.32 Å². The number of nitrogens with one attached hydrogen (secondary N) is 1. The molecule has 0 aliphatic heterocycles. The first kappa shape index (κ1) is 19.0. The molecule has 2 rings (SSSR count). The smallest absolute Gasteiger partial charge is 0.221 e. The Morgan fingerprint density at radius 3 is 2.52 bits per heavy atom. The van der Waals surface area contributed by atoms with Gasteiger partial charge in [0.25, 0.3) is 0 Å². The Hall–Kier alpha value is -2.32. The van der Waals surface area contributed by atoms with Gasteiger partial charge < -0.3 is 5.32 Å². The summed E-state index contributed by atoms with van der Waals surface area (Å²) in [4.78, 5) is 15.9. The molecule has 1 aromatic carbocycles. The summed E-state index contributed by atoms with van der Waals surface area (Å²) in [5.41, 5.74) is 1.52. The van der Waals surface area contributed by atoms with Gasteiger partial charge in [0.2, 0.25) is 15.9 Å². The second-order valence-corrected chi connectivity index (χ2v) is 7.59. The third kappa shape index (κ3) is 6.60. The Balaban J connectivity index is 1.87. The SMILES string of the molecule is CS(=O)(=O)N(CCC(=O)NCc1ccc(F)cc1)Cc1cccnc1. The second-order valence-electron chi connectivity index (χ2n) is 5.61. The van der Waals surface area contributed by atoms with Crippen LogP contribution in [0.1, 0.15) is 17.5 Å². The van der Waals surface area contributed by atoms with Gasteiger partial charge in [-0.1, -0.05) is 18.2 Å². The van der Waals surface area contributed by atoms with Gasteiger partial charge in [-0.3, -0.25) is 9.78 Å². The molecule has 0 bridgehead atoms. The van der Waals surface area contributed by atoms with Crippen molar-refractivity contribution in [2.24, 2.45) is 0 Å². The number of hydrogen-bond acceptors (Lipinski definition) is 4. The molecule has 0 radical (unpaired) electrons. The van der Waals surface area contributed by atoms with Gasteiger partial charge in [0.15, 0.2) is 0 Å². The van der Waals surface area contributed by atoms with Gasteiger partial charge in [0, 0.05) is 38.4 Å². The highest BCUT2D eigenvalue weighted by Crippen LogP contribution is 2.08. The zero-order chi connectivity index (χ0) is 18.3. The third-order valence-electron chi connectivity index (χ3n) is 3.54. The van der Waals surface area contributed by atoms with Crippen LogP contribution in [0.4, 0.5) is 4.39 Å². The van der Waals surface area contributed by atoms with Crippen LogP contribution in [0, 0.1) is 5.82 Å². The number of hydrogen-bond donors (Lipinski definition) is 1. The van der Waals surface area contributed by atoms with Crippen LogP contribution in [-0.2, 0) is 27.9 Å². The maximum Gasteiger partial charge on any atom is 0.221 e. The minimum absolute atomic E-state index is 0.0362. The van der Waals surface area contributed by atoms with Crippen LogP contribution in [0.3, 0.4) is 0 Å². The number of nitrogens with zero attached hydrogens (tertiary/aromatic N) is 2. The molecular weight excluding hydrogens is 345 g/mol. The largest absolute Gasteiger partial charge is 0.352 e. The third-order valence-corrected chi connectivity index (χ3v) is 4.79. The number of sulfonamides is 1. The standard InChI is InChI=1S/C17H20FN3O3S/c1-25(23,24)21(13-15-3-2-9-19-11-15)10-8-17(22)20-12-14-4-6-16(18)7-5-14/h2-7,9,11H,8,10,12-13H2,1H3,(H,20,22). The van der Waals surface area contributed by atoms with Crippen molar-refractivity contribution >= 4 is 15.9 Å². The van der Waals surface area contributed by atoms with E-state index in [9.17, 15) is 17.6 Å². The summed E-state index contributed by atoms with van der Waals surface area (Å²) in [6, 6.07) is 9.31. The Morgan fingerprint density at radius 1 is 1.20 bits per heavy atom. The van der Waals surface area contributed by atoms with E-state index >= 15 is 0 Å². The molecule has 6 nitrogen and oxygen atoms in total. The van der Waals surface area contributed by atoms with E-state index in [0.29, 0.717) is 0 Å². The summed E-state index contributed by atoms with van der Waals surface area (Å²) in [5.74, 6) is -0.613. The molecule has 2 aromatic rings. The van der Waals surface area contributed by atoms with Gasteiger partial charge in [-0.2, -0.15) is 4.31 Å². The molecule has 25 heavy (non-hydrogen) atoms. The number of halogens is 1. The van der Waals surface area contributed by atoms with E-state index < -0.39 is 10.0 Å². The first-order chi connectivity index (χ1) is 11.8. The quantitative estimate of drug-likeness (QED) is 0.772. The summed E-state index contributed by atoms with van der Waals surface area (Å²) in [6.45, 7) is 0.501. The molecule has 1 heterocycles. The number of rotatable bonds is 8. The van der Waals surface area contributed by atoms with E-state index in [2.05, 4.69) is 10.3 Å². The van der Waals surface area contributed by atoms with Crippen molar-refractivity contribution in [3.05, 3.63) is 65.7 Å². The molecule has 1 amide bonds. The van der Waals surface area contributed by atoms with Crippen molar-refractivity contribution in [1.82, 2.24) is 14.6 Å². The normalized spacial score (nSPS) is 11.5.